The van der Waals surface area contributed by atoms with Gasteiger partial charge >= 0.3 is 0 Å². The summed E-state index contributed by atoms with van der Waals surface area (Å²) >= 11 is 0. The van der Waals surface area contributed by atoms with Crippen LogP contribution in [0.1, 0.15) is 22.6 Å². The molecule has 0 aliphatic heterocycles. The topological polar surface area (TPSA) is 78.9 Å². The number of carbonyl (C=O) groups is 1. The van der Waals surface area contributed by atoms with Crippen molar-refractivity contribution in [1.29, 1.82) is 5.26 Å². The molecule has 20 heavy (non-hydrogen) atoms. The van der Waals surface area contributed by atoms with Crippen molar-refractivity contribution < 1.29 is 9.32 Å². The fraction of sp³-hybridized carbons (Fsp3) is 0.267. The molecule has 0 atom stereocenters. The Labute approximate surface area is 117 Å². The minimum absolute atomic E-state index is 0.118. The monoisotopic (exact) mass is 269 g/mol. The van der Waals surface area contributed by atoms with Crippen molar-refractivity contribution in [3.8, 4) is 6.07 Å². The van der Waals surface area contributed by atoms with Crippen molar-refractivity contribution in [3.63, 3.8) is 0 Å². The van der Waals surface area contributed by atoms with E-state index >= 15 is 0 Å². The van der Waals surface area contributed by atoms with Gasteiger partial charge in [0.15, 0.2) is 0 Å². The van der Waals surface area contributed by atoms with Crippen LogP contribution in [0.5, 0.6) is 0 Å². The molecule has 0 saturated carbocycles. The number of carbonyl (C=O) groups excluding carboxylic acids is 1. The fourth-order valence-electron chi connectivity index (χ4n) is 1.92. The minimum atomic E-state index is -0.118. The van der Waals surface area contributed by atoms with Crippen molar-refractivity contribution in [3.05, 3.63) is 46.8 Å². The van der Waals surface area contributed by atoms with Gasteiger partial charge in [-0.2, -0.15) is 5.26 Å². The van der Waals surface area contributed by atoms with E-state index in [2.05, 4.69) is 16.5 Å². The van der Waals surface area contributed by atoms with Crippen LogP contribution in [-0.4, -0.2) is 11.1 Å². The van der Waals surface area contributed by atoms with Crippen molar-refractivity contribution >= 4 is 11.6 Å². The predicted octanol–water partition coefficient (Wildman–Crippen LogP) is 2.54. The first-order valence-corrected chi connectivity index (χ1v) is 6.27. The Morgan fingerprint density at radius 3 is 2.60 bits per heavy atom. The Kier molecular flexibility index (Phi) is 4.16. The Hall–Kier alpha value is -2.61. The molecule has 1 aromatic carbocycles. The number of nitrogens with zero attached hydrogens (tertiary/aromatic N) is 2. The minimum Gasteiger partial charge on any atom is -0.361 e. The standard InChI is InChI=1S/C15H15N3O2/c1-10-14(11(2)20-18-10)9-15(19)17-13-5-3-12(4-6-13)7-8-16/h3-6H,7,9H2,1-2H3,(H,17,19). The van der Waals surface area contributed by atoms with E-state index in [1.165, 1.54) is 0 Å². The lowest BCUT2D eigenvalue weighted by atomic mass is 10.1. The van der Waals surface area contributed by atoms with Crippen LogP contribution in [0.2, 0.25) is 0 Å². The number of amides is 1. The molecule has 0 bridgehead atoms. The highest BCUT2D eigenvalue weighted by Crippen LogP contribution is 2.15. The highest BCUT2D eigenvalue weighted by molar-refractivity contribution is 5.92. The lowest BCUT2D eigenvalue weighted by molar-refractivity contribution is -0.115. The van der Waals surface area contributed by atoms with Crippen molar-refractivity contribution in [2.24, 2.45) is 0 Å². The number of anilines is 1. The van der Waals surface area contributed by atoms with E-state index in [1.54, 1.807) is 19.1 Å². The first-order valence-electron chi connectivity index (χ1n) is 6.27. The van der Waals surface area contributed by atoms with Crippen LogP contribution in [-0.2, 0) is 17.6 Å². The molecule has 1 amide bonds. The lowest BCUT2D eigenvalue weighted by Crippen LogP contribution is -2.15. The summed E-state index contributed by atoms with van der Waals surface area (Å²) in [6, 6.07) is 9.32. The summed E-state index contributed by atoms with van der Waals surface area (Å²) in [5.41, 5.74) is 3.20. The maximum absolute atomic E-state index is 12.0. The van der Waals surface area contributed by atoms with Crippen LogP contribution in [0.3, 0.4) is 0 Å². The van der Waals surface area contributed by atoms with Gasteiger partial charge in [0.05, 0.1) is 24.6 Å². The molecule has 2 aromatic rings. The smallest absolute Gasteiger partial charge is 0.228 e. The molecular formula is C15H15N3O2. The molecule has 0 fully saturated rings. The van der Waals surface area contributed by atoms with Gasteiger partial charge in [-0.1, -0.05) is 17.3 Å². The average Bonchev–Trinajstić information content (AvgIpc) is 2.73. The highest BCUT2D eigenvalue weighted by atomic mass is 16.5. The number of benzene rings is 1. The largest absolute Gasteiger partial charge is 0.361 e. The van der Waals surface area contributed by atoms with Gasteiger partial charge in [-0.05, 0) is 31.5 Å². The average molecular weight is 269 g/mol. The van der Waals surface area contributed by atoms with Crippen molar-refractivity contribution in [1.82, 2.24) is 5.16 Å². The van der Waals surface area contributed by atoms with Crippen LogP contribution in [0.15, 0.2) is 28.8 Å². The molecule has 0 spiro atoms. The molecule has 102 valence electrons. The number of hydrogen-bond acceptors (Lipinski definition) is 4. The van der Waals surface area contributed by atoms with Gasteiger partial charge in [0.25, 0.3) is 0 Å². The number of nitrogens with one attached hydrogen (secondary N) is 1. The van der Waals surface area contributed by atoms with Crippen molar-refractivity contribution in [2.45, 2.75) is 26.7 Å². The van der Waals surface area contributed by atoms with E-state index in [9.17, 15) is 4.79 Å². The molecule has 1 aromatic heterocycles. The zero-order valence-corrected chi connectivity index (χ0v) is 11.4. The summed E-state index contributed by atoms with van der Waals surface area (Å²) in [6.45, 7) is 3.61. The van der Waals surface area contributed by atoms with Crippen LogP contribution < -0.4 is 5.32 Å². The van der Waals surface area contributed by atoms with Gasteiger partial charge < -0.3 is 9.84 Å². The van der Waals surface area contributed by atoms with Gasteiger partial charge in [-0.3, -0.25) is 4.79 Å². The quantitative estimate of drug-likeness (QED) is 0.925. The van der Waals surface area contributed by atoms with E-state index < -0.39 is 0 Å². The van der Waals surface area contributed by atoms with Gasteiger partial charge in [0, 0.05) is 11.3 Å². The maximum atomic E-state index is 12.0. The zero-order valence-electron chi connectivity index (χ0n) is 11.4. The Morgan fingerprint density at radius 1 is 1.35 bits per heavy atom. The first kappa shape index (κ1) is 13.8. The summed E-state index contributed by atoms with van der Waals surface area (Å²) in [6.07, 6.45) is 0.606. The third-order valence-corrected chi connectivity index (χ3v) is 3.04. The van der Waals surface area contributed by atoms with Crippen LogP contribution >= 0.6 is 0 Å². The zero-order chi connectivity index (χ0) is 14.5. The second kappa shape index (κ2) is 6.02. The predicted molar refractivity (Wildman–Crippen MR) is 74.1 cm³/mol. The molecule has 5 heteroatoms. The summed E-state index contributed by atoms with van der Waals surface area (Å²) < 4.78 is 5.03. The van der Waals surface area contributed by atoms with E-state index in [0.717, 1.165) is 16.8 Å². The fourth-order valence-corrected chi connectivity index (χ4v) is 1.92. The number of aromatic nitrogens is 1. The van der Waals surface area contributed by atoms with Crippen LogP contribution in [0, 0.1) is 25.2 Å². The molecule has 0 saturated heterocycles. The molecule has 0 unspecified atom stereocenters. The van der Waals surface area contributed by atoms with Crippen LogP contribution in [0.25, 0.3) is 0 Å². The molecule has 1 heterocycles. The molecule has 0 radical (unpaired) electrons. The van der Waals surface area contributed by atoms with Gasteiger partial charge in [-0.25, -0.2) is 0 Å². The second-order valence-corrected chi connectivity index (χ2v) is 4.56. The summed E-state index contributed by atoms with van der Waals surface area (Å²) in [4.78, 5) is 12.0. The maximum Gasteiger partial charge on any atom is 0.228 e. The molecule has 2 rings (SSSR count). The third-order valence-electron chi connectivity index (χ3n) is 3.04. The number of hydrogen-bond donors (Lipinski definition) is 1. The number of nitriles is 1. The first-order chi connectivity index (χ1) is 9.60. The normalized spacial score (nSPS) is 10.1. The SMILES string of the molecule is Cc1noc(C)c1CC(=O)Nc1ccc(CC#N)cc1. The van der Waals surface area contributed by atoms with E-state index in [-0.39, 0.29) is 12.3 Å². The summed E-state index contributed by atoms with van der Waals surface area (Å²) in [5.74, 6) is 0.550. The Bertz CT molecular complexity index is 631. The Balaban J connectivity index is 2.00. The molecular weight excluding hydrogens is 254 g/mol. The van der Waals surface area contributed by atoms with Gasteiger partial charge in [0.1, 0.15) is 5.76 Å². The number of rotatable bonds is 4. The van der Waals surface area contributed by atoms with Gasteiger partial charge in [0.2, 0.25) is 5.91 Å². The van der Waals surface area contributed by atoms with E-state index in [4.69, 9.17) is 9.78 Å². The molecule has 5 nitrogen and oxygen atoms in total. The highest BCUT2D eigenvalue weighted by Gasteiger charge is 2.13. The van der Waals surface area contributed by atoms with E-state index in [0.29, 0.717) is 17.9 Å². The Morgan fingerprint density at radius 2 is 2.05 bits per heavy atom. The van der Waals surface area contributed by atoms with Crippen LogP contribution in [0.4, 0.5) is 5.69 Å². The van der Waals surface area contributed by atoms with E-state index in [1.807, 2.05) is 19.1 Å². The molecule has 1 N–H and O–H groups in total. The summed E-state index contributed by atoms with van der Waals surface area (Å²) in [7, 11) is 0. The molecule has 0 aliphatic rings. The summed E-state index contributed by atoms with van der Waals surface area (Å²) in [5, 5.41) is 15.2. The third kappa shape index (κ3) is 3.23. The van der Waals surface area contributed by atoms with Gasteiger partial charge in [-0.15, -0.1) is 0 Å². The van der Waals surface area contributed by atoms with Crippen molar-refractivity contribution in [2.75, 3.05) is 5.32 Å². The lowest BCUT2D eigenvalue weighted by Gasteiger charge is -2.05. The second-order valence-electron chi connectivity index (χ2n) is 4.56. The molecule has 0 aliphatic carbocycles. The number of aryl methyl sites for hydroxylation is 2.